The first kappa shape index (κ1) is 16.5. The minimum absolute atomic E-state index is 0.00807. The van der Waals surface area contributed by atoms with Gasteiger partial charge in [-0.05, 0) is 31.0 Å². The zero-order valence-corrected chi connectivity index (χ0v) is 13.9. The molecule has 2 aromatic rings. The van der Waals surface area contributed by atoms with Gasteiger partial charge in [-0.25, -0.2) is 0 Å². The van der Waals surface area contributed by atoms with Crippen LogP contribution in [-0.4, -0.2) is 29.0 Å². The van der Waals surface area contributed by atoms with E-state index in [-0.39, 0.29) is 11.3 Å². The molecule has 1 aromatic carbocycles. The number of aromatic nitrogens is 1. The van der Waals surface area contributed by atoms with E-state index in [2.05, 4.69) is 10.3 Å². The van der Waals surface area contributed by atoms with Crippen molar-refractivity contribution in [2.24, 2.45) is 0 Å². The van der Waals surface area contributed by atoms with Gasteiger partial charge in [0.25, 0.3) is 11.5 Å². The van der Waals surface area contributed by atoms with Crippen LogP contribution in [0, 0.1) is 0 Å². The number of pyridine rings is 1. The number of H-pyrrole nitrogens is 1. The maximum atomic E-state index is 12.2. The van der Waals surface area contributed by atoms with E-state index in [4.69, 9.17) is 0 Å². The Labute approximate surface area is 143 Å². The maximum absolute atomic E-state index is 12.2. The third-order valence-electron chi connectivity index (χ3n) is 3.90. The number of rotatable bonds is 5. The van der Waals surface area contributed by atoms with E-state index in [1.165, 1.54) is 6.07 Å². The quantitative estimate of drug-likeness (QED) is 0.646. The van der Waals surface area contributed by atoms with Crippen LogP contribution in [0.3, 0.4) is 0 Å². The number of thioether (sulfide) groups is 1. The van der Waals surface area contributed by atoms with Crippen LogP contribution in [0.25, 0.3) is 0 Å². The molecule has 0 unspecified atom stereocenters. The standard InChI is InChI=1S/C18H18N2O3S/c21-16-8-4-7-15-13(16)11-14(18(23)20-15)17(22)19-9-10-24-12-5-2-1-3-6-12/h1-3,5-6,11H,4,7-10H2,(H,19,22)(H,20,23). The lowest BCUT2D eigenvalue weighted by molar-refractivity contribution is 0.0954. The highest BCUT2D eigenvalue weighted by atomic mass is 32.2. The Morgan fingerprint density at radius 1 is 1.17 bits per heavy atom. The Bertz CT molecular complexity index is 815. The van der Waals surface area contributed by atoms with Crippen LogP contribution < -0.4 is 10.9 Å². The van der Waals surface area contributed by atoms with Gasteiger partial charge in [-0.15, -0.1) is 11.8 Å². The molecule has 0 aliphatic heterocycles. The maximum Gasteiger partial charge on any atom is 0.261 e. The molecule has 1 amide bonds. The lowest BCUT2D eigenvalue weighted by Gasteiger charge is -2.15. The number of benzene rings is 1. The Kier molecular flexibility index (Phi) is 5.15. The van der Waals surface area contributed by atoms with Crippen LogP contribution in [0.5, 0.6) is 0 Å². The van der Waals surface area contributed by atoms with Gasteiger partial charge in [0.2, 0.25) is 0 Å². The molecule has 0 radical (unpaired) electrons. The summed E-state index contributed by atoms with van der Waals surface area (Å²) in [4.78, 5) is 40.0. The number of hydrogen-bond acceptors (Lipinski definition) is 4. The van der Waals surface area contributed by atoms with Gasteiger partial charge in [-0.3, -0.25) is 14.4 Å². The summed E-state index contributed by atoms with van der Waals surface area (Å²) in [5.74, 6) is 0.254. The van der Waals surface area contributed by atoms with Crippen molar-refractivity contribution in [1.29, 1.82) is 0 Å². The van der Waals surface area contributed by atoms with Gasteiger partial charge in [0.1, 0.15) is 5.56 Å². The van der Waals surface area contributed by atoms with Gasteiger partial charge in [-0.1, -0.05) is 18.2 Å². The highest BCUT2D eigenvalue weighted by Gasteiger charge is 2.21. The van der Waals surface area contributed by atoms with E-state index in [1.807, 2.05) is 30.3 Å². The Morgan fingerprint density at radius 3 is 2.75 bits per heavy atom. The average Bonchev–Trinajstić information content (AvgIpc) is 2.59. The molecule has 1 heterocycles. The molecule has 1 aromatic heterocycles. The van der Waals surface area contributed by atoms with E-state index < -0.39 is 11.5 Å². The van der Waals surface area contributed by atoms with Gasteiger partial charge in [0.05, 0.1) is 0 Å². The Morgan fingerprint density at radius 2 is 1.96 bits per heavy atom. The van der Waals surface area contributed by atoms with E-state index in [0.717, 1.165) is 11.3 Å². The minimum Gasteiger partial charge on any atom is -0.351 e. The number of aryl methyl sites for hydroxylation is 1. The molecule has 0 saturated carbocycles. The first-order chi connectivity index (χ1) is 11.6. The minimum atomic E-state index is -0.439. The van der Waals surface area contributed by atoms with Crippen molar-refractivity contribution in [3.8, 4) is 0 Å². The molecule has 5 nitrogen and oxygen atoms in total. The second-order valence-electron chi connectivity index (χ2n) is 5.60. The van der Waals surface area contributed by atoms with Crippen molar-refractivity contribution in [1.82, 2.24) is 10.3 Å². The third kappa shape index (κ3) is 3.76. The fourth-order valence-corrected chi connectivity index (χ4v) is 3.48. The first-order valence-electron chi connectivity index (χ1n) is 7.90. The molecule has 124 valence electrons. The molecular weight excluding hydrogens is 324 g/mol. The largest absolute Gasteiger partial charge is 0.351 e. The number of Topliss-reactive ketones (excluding diaryl/α,β-unsaturated/α-hetero) is 1. The number of carbonyl (C=O) groups is 2. The molecule has 0 atom stereocenters. The third-order valence-corrected chi connectivity index (χ3v) is 4.91. The summed E-state index contributed by atoms with van der Waals surface area (Å²) in [6.45, 7) is 0.447. The van der Waals surface area contributed by atoms with Crippen LogP contribution in [-0.2, 0) is 6.42 Å². The van der Waals surface area contributed by atoms with E-state index in [9.17, 15) is 14.4 Å². The molecular formula is C18H18N2O3S. The van der Waals surface area contributed by atoms with Crippen LogP contribution >= 0.6 is 11.8 Å². The zero-order chi connectivity index (χ0) is 16.9. The summed E-state index contributed by atoms with van der Waals surface area (Å²) in [6, 6.07) is 11.3. The van der Waals surface area contributed by atoms with E-state index in [0.29, 0.717) is 36.4 Å². The molecule has 0 bridgehead atoms. The number of ketones is 1. The number of aromatic amines is 1. The van der Waals surface area contributed by atoms with Crippen LogP contribution in [0.15, 0.2) is 46.1 Å². The van der Waals surface area contributed by atoms with Crippen LogP contribution in [0.1, 0.15) is 39.3 Å². The predicted molar refractivity (Wildman–Crippen MR) is 93.8 cm³/mol. The molecule has 0 fully saturated rings. The number of carbonyl (C=O) groups excluding carboxylic acids is 2. The highest BCUT2D eigenvalue weighted by molar-refractivity contribution is 7.99. The fourth-order valence-electron chi connectivity index (χ4n) is 2.69. The van der Waals surface area contributed by atoms with E-state index >= 15 is 0 Å². The van der Waals surface area contributed by atoms with Crippen LogP contribution in [0.4, 0.5) is 0 Å². The lowest BCUT2D eigenvalue weighted by Crippen LogP contribution is -2.32. The molecule has 24 heavy (non-hydrogen) atoms. The summed E-state index contributed by atoms with van der Waals surface area (Å²) in [5, 5.41) is 2.74. The van der Waals surface area contributed by atoms with Crippen molar-refractivity contribution in [2.45, 2.75) is 24.2 Å². The molecule has 1 aliphatic rings. The summed E-state index contributed by atoms with van der Waals surface area (Å²) in [6.07, 6.45) is 1.88. The average molecular weight is 342 g/mol. The predicted octanol–water partition coefficient (Wildman–Crippen LogP) is 2.42. The second-order valence-corrected chi connectivity index (χ2v) is 6.77. The lowest BCUT2D eigenvalue weighted by atomic mass is 9.93. The van der Waals surface area contributed by atoms with Gasteiger partial charge in [-0.2, -0.15) is 0 Å². The topological polar surface area (TPSA) is 79.0 Å². The van der Waals surface area contributed by atoms with Crippen molar-refractivity contribution in [3.63, 3.8) is 0 Å². The van der Waals surface area contributed by atoms with Crippen molar-refractivity contribution in [2.75, 3.05) is 12.3 Å². The fraction of sp³-hybridized carbons (Fsp3) is 0.278. The molecule has 6 heteroatoms. The number of nitrogens with one attached hydrogen (secondary N) is 2. The normalized spacial score (nSPS) is 13.4. The molecule has 0 saturated heterocycles. The second kappa shape index (κ2) is 7.49. The van der Waals surface area contributed by atoms with Gasteiger partial charge >= 0.3 is 0 Å². The van der Waals surface area contributed by atoms with Crippen molar-refractivity contribution < 1.29 is 9.59 Å². The zero-order valence-electron chi connectivity index (χ0n) is 13.1. The van der Waals surface area contributed by atoms with Gasteiger partial charge in [0, 0.05) is 34.9 Å². The van der Waals surface area contributed by atoms with Gasteiger partial charge < -0.3 is 10.3 Å². The Hall–Kier alpha value is -2.34. The van der Waals surface area contributed by atoms with Crippen LogP contribution in [0.2, 0.25) is 0 Å². The molecule has 0 spiro atoms. The molecule has 3 rings (SSSR count). The molecule has 2 N–H and O–H groups in total. The number of fused-ring (bicyclic) bond motifs is 1. The highest BCUT2D eigenvalue weighted by Crippen LogP contribution is 2.19. The first-order valence-corrected chi connectivity index (χ1v) is 8.89. The summed E-state index contributed by atoms with van der Waals surface area (Å²) in [5.41, 5.74) is 0.697. The van der Waals surface area contributed by atoms with Crippen molar-refractivity contribution >= 4 is 23.5 Å². The number of amides is 1. The molecule has 1 aliphatic carbocycles. The van der Waals surface area contributed by atoms with Crippen molar-refractivity contribution in [3.05, 3.63) is 63.6 Å². The summed E-state index contributed by atoms with van der Waals surface area (Å²) >= 11 is 1.63. The SMILES string of the molecule is O=C1CCCc2[nH]c(=O)c(C(=O)NCCSc3ccccc3)cc21. The van der Waals surface area contributed by atoms with E-state index in [1.54, 1.807) is 11.8 Å². The summed E-state index contributed by atoms with van der Waals surface area (Å²) in [7, 11) is 0. The van der Waals surface area contributed by atoms with Gasteiger partial charge in [0.15, 0.2) is 5.78 Å². The monoisotopic (exact) mass is 342 g/mol. The summed E-state index contributed by atoms with van der Waals surface area (Å²) < 4.78 is 0. The Balaban J connectivity index is 1.62. The number of hydrogen-bond donors (Lipinski definition) is 2. The smallest absolute Gasteiger partial charge is 0.261 e.